The van der Waals surface area contributed by atoms with Crippen LogP contribution in [0.1, 0.15) is 125 Å². The van der Waals surface area contributed by atoms with Crippen LogP contribution in [0.2, 0.25) is 0 Å². The van der Waals surface area contributed by atoms with E-state index in [0.29, 0.717) is 16.8 Å². The molecule has 17 nitrogen and oxygen atoms in total. The molecule has 0 bridgehead atoms. The first kappa shape index (κ1) is 120. The van der Waals surface area contributed by atoms with Gasteiger partial charge in [-0.05, 0) is 170 Å². The zero-order valence-electron chi connectivity index (χ0n) is 82.0. The molecule has 0 aliphatic heterocycles. The minimum Gasteiger partial charge on any atom is -0.512 e. The van der Waals surface area contributed by atoms with E-state index in [9.17, 15) is 34.5 Å². The summed E-state index contributed by atoms with van der Waals surface area (Å²) < 4.78 is 0. The smallest absolute Gasteiger partial charge is 0.155 e. The van der Waals surface area contributed by atoms with Gasteiger partial charge in [0, 0.05) is 178 Å². The predicted molar refractivity (Wildman–Crippen MR) is 559 cm³/mol. The van der Waals surface area contributed by atoms with Crippen molar-refractivity contribution >= 4 is 82.9 Å². The van der Waals surface area contributed by atoms with E-state index in [0.717, 1.165) is 109 Å². The number of carbonyl (C=O) groups excluding carboxylic acids is 5. The summed E-state index contributed by atoms with van der Waals surface area (Å²) in [6, 6.07) is 112. The molecule has 5 heterocycles. The van der Waals surface area contributed by atoms with Gasteiger partial charge in [-0.15, -0.1) is 134 Å². The van der Waals surface area contributed by atoms with Crippen molar-refractivity contribution < 1.29 is 150 Å². The second-order valence-corrected chi connectivity index (χ2v) is 33.1. The minimum absolute atomic E-state index is 0. The van der Waals surface area contributed by atoms with Crippen molar-refractivity contribution in [1.29, 1.82) is 10.5 Å². The number of aliphatic hydroxyl groups is 5. The van der Waals surface area contributed by atoms with Gasteiger partial charge in [0.15, 0.2) is 28.9 Å². The zero-order chi connectivity index (χ0) is 100. The molecule has 0 saturated heterocycles. The number of ketones is 5. The number of allylic oxidation sites excluding steroid dienone is 10. The molecule has 0 unspecified atom stereocenters. The van der Waals surface area contributed by atoms with Crippen LogP contribution in [0.3, 0.4) is 0 Å². The number of carbonyl (C=O) groups is 5. The molecular weight excluding hydrogens is 2680 g/mol. The van der Waals surface area contributed by atoms with E-state index in [1.807, 2.05) is 67.0 Å². The molecule has 144 heavy (non-hydrogen) atoms. The van der Waals surface area contributed by atoms with Gasteiger partial charge < -0.3 is 45.5 Å². The van der Waals surface area contributed by atoms with Crippen molar-refractivity contribution in [2.24, 2.45) is 0 Å². The predicted octanol–water partition coefficient (Wildman–Crippen LogP) is 28.2. The number of rotatable bonds is 12. The first-order chi connectivity index (χ1) is 66.8. The maximum absolute atomic E-state index is 10.0. The van der Waals surface area contributed by atoms with Crippen LogP contribution in [0.25, 0.3) is 133 Å². The maximum atomic E-state index is 10.0. The first-order valence-electron chi connectivity index (χ1n) is 45.0. The Morgan fingerprint density at radius 3 is 1.20 bits per heavy atom. The SMILES string of the molecule is CC(=O)C=C(C)O.CC(=O)C=C(C)O.CC(=O)C=C(C)O.CC(=O)C=C(C)O.CC(=O)C=C(C)O.Cc1[c-]c(-c2ccc3cc(-c4ccccc4)ccc3n2)cc(C)c1.Cc1c[c-]c(-c2ncccc2C#N)c2ccccc12.Cc1cccnc1-c1[c-]cc2c3c(cccc13)CC2.N#Cc1cccnc1-c1[c-]cc2c3c(cccc13)CC2.[Ir].[Ir].[Ir].[Ir].[Ir].[c-]1ccc2ccccc2c1-c1ncccc1-c1ccccc1. The first-order valence-corrected chi connectivity index (χ1v) is 45.0. The number of nitrogens with zero attached hydrogens (tertiary/aromatic N) is 7. The molecule has 5 N–H and O–H groups in total. The topological polar surface area (TPSA) is 299 Å². The Hall–Kier alpha value is -14.0. The fraction of sp³-hybridized carbons (Fsp3) is 0.148. The molecule has 22 heteroatoms. The summed E-state index contributed by atoms with van der Waals surface area (Å²) in [6.07, 6.45) is 17.5. The molecule has 12 aromatic carbocycles. The van der Waals surface area contributed by atoms with Crippen LogP contribution in [0, 0.1) is 80.7 Å². The van der Waals surface area contributed by atoms with Gasteiger partial charge in [-0.25, -0.2) is 0 Å². The van der Waals surface area contributed by atoms with E-state index in [1.54, 1.807) is 36.7 Å². The van der Waals surface area contributed by atoms with E-state index in [1.165, 1.54) is 188 Å². The third kappa shape index (κ3) is 35.5. The summed E-state index contributed by atoms with van der Waals surface area (Å²) in [6.45, 7) is 22.6. The molecular formula is C122H108Ir5N7O10-5. The maximum Gasteiger partial charge on any atom is 0.155 e. The Balaban J connectivity index is 0.000000291. The number of nitriles is 2. The normalized spacial score (nSPS) is 11.1. The summed E-state index contributed by atoms with van der Waals surface area (Å²) in [5, 5.41) is 71.3. The van der Waals surface area contributed by atoms with E-state index in [-0.39, 0.29) is 158 Å². The number of aromatic nitrogens is 5. The van der Waals surface area contributed by atoms with E-state index >= 15 is 0 Å². The van der Waals surface area contributed by atoms with Crippen molar-refractivity contribution in [2.45, 2.75) is 123 Å². The second-order valence-electron chi connectivity index (χ2n) is 33.1. The fourth-order valence-electron chi connectivity index (χ4n) is 15.9. The van der Waals surface area contributed by atoms with Crippen LogP contribution in [0.4, 0.5) is 0 Å². The summed E-state index contributed by atoms with van der Waals surface area (Å²) in [7, 11) is 0. The minimum atomic E-state index is -0.125. The number of aliphatic hydroxyl groups excluding tert-OH is 5. The number of fused-ring (bicyclic) bond motifs is 3. The molecule has 0 fully saturated rings. The van der Waals surface area contributed by atoms with Gasteiger partial charge >= 0.3 is 0 Å². The second kappa shape index (κ2) is 60.4. The van der Waals surface area contributed by atoms with E-state index in [2.05, 4.69) is 278 Å². The number of hydrogen-bond donors (Lipinski definition) is 5. The van der Waals surface area contributed by atoms with Gasteiger partial charge in [0.1, 0.15) is 0 Å². The standard InChI is InChI=1S/C23H18N.C21H14N.C18H11N2.C18H14N.C17H11N2.5C5H8O2.5Ir/c1-16-12-17(2)14-21(13-16)23-11-9-20-15-19(8-10-22(20)24-23)18-6-4-3-5-7-18;1-2-8-17(9-3-1)19-14-7-15-22-21(19)20-13-6-11-16-10-4-5-12-18(16)20;19-11-14-4-2-10-20-18(14)16-9-8-13-7-6-12-3-1-5-15(16)17(12)13;1-12-4-3-11-19-18(12)16-10-9-14-8-7-13-5-2-6-15(16)17(13)14;1-12-8-9-16(15-7-3-2-6-14(12)15)17-13(11-18)5-4-10-19-17;5*1-4(6)3-5(2)7;;;;;/h3-13,15H,1-2H3;1-12,14-15H;1-5,8,10H,6-7H2;2-6,9,11H,7-8H2,1H3;2-8,10H,1H3;5*3,6H,1-2H3;;;;;/q5*-1;;;;;;;;;;. The molecule has 17 aromatic rings. The van der Waals surface area contributed by atoms with Crippen LogP contribution in [-0.4, -0.2) is 79.4 Å². The molecule has 5 radical (unpaired) electrons. The molecule has 0 saturated carbocycles. The average molecular weight is 2790 g/mol. The number of aryl methyl sites for hydroxylation is 8. The van der Waals surface area contributed by atoms with Crippen molar-refractivity contribution in [3.05, 3.63) is 437 Å². The van der Waals surface area contributed by atoms with Crippen LogP contribution in [0.15, 0.2) is 351 Å². The Morgan fingerprint density at radius 2 is 0.736 bits per heavy atom. The Bertz CT molecular complexity index is 7370. The van der Waals surface area contributed by atoms with Crippen molar-refractivity contribution in [3.8, 4) is 90.7 Å². The van der Waals surface area contributed by atoms with Crippen molar-refractivity contribution in [1.82, 2.24) is 24.9 Å². The van der Waals surface area contributed by atoms with E-state index < -0.39 is 0 Å². The molecule has 5 aromatic heterocycles. The Kier molecular flexibility index (Phi) is 50.5. The number of pyridine rings is 5. The van der Waals surface area contributed by atoms with Gasteiger partial charge in [0.05, 0.1) is 46.5 Å². The average Bonchev–Trinajstić information content (AvgIpc) is 1.59. The van der Waals surface area contributed by atoms with Crippen LogP contribution in [0.5, 0.6) is 0 Å². The molecule has 2 aliphatic carbocycles. The summed E-state index contributed by atoms with van der Waals surface area (Å²) in [5.74, 6) is -0.312. The molecule has 0 spiro atoms. The third-order valence-electron chi connectivity index (χ3n) is 21.4. The largest absolute Gasteiger partial charge is 0.512 e. The fourth-order valence-corrected chi connectivity index (χ4v) is 15.9. The molecule has 19 rings (SSSR count). The Labute approximate surface area is 910 Å². The zero-order valence-corrected chi connectivity index (χ0v) is 94.0. The number of benzene rings is 12. The van der Waals surface area contributed by atoms with Gasteiger partial charge in [-0.2, -0.15) is 10.5 Å². The van der Waals surface area contributed by atoms with Crippen LogP contribution >= 0.6 is 0 Å². The van der Waals surface area contributed by atoms with Crippen molar-refractivity contribution in [2.75, 3.05) is 0 Å². The summed E-state index contributed by atoms with van der Waals surface area (Å²) >= 11 is 0. The summed E-state index contributed by atoms with van der Waals surface area (Å²) in [4.78, 5) is 72.9. The van der Waals surface area contributed by atoms with Gasteiger partial charge in [-0.1, -0.05) is 276 Å². The number of hydrogen-bond acceptors (Lipinski definition) is 17. The summed E-state index contributed by atoms with van der Waals surface area (Å²) in [5.41, 5.74) is 26.9. The van der Waals surface area contributed by atoms with Crippen molar-refractivity contribution in [3.63, 3.8) is 0 Å². The molecule has 741 valence electrons. The molecule has 0 amide bonds. The molecule has 2 aliphatic rings. The van der Waals surface area contributed by atoms with Gasteiger partial charge in [-0.3, -0.25) is 29.0 Å². The quantitative estimate of drug-likeness (QED) is 0.0431. The van der Waals surface area contributed by atoms with E-state index in [4.69, 9.17) is 30.5 Å². The monoisotopic (exact) mass is 2800 g/mol. The van der Waals surface area contributed by atoms with Crippen LogP contribution in [-0.2, 0) is 150 Å². The van der Waals surface area contributed by atoms with Gasteiger partial charge in [0.25, 0.3) is 0 Å². The van der Waals surface area contributed by atoms with Gasteiger partial charge in [0.2, 0.25) is 0 Å². The van der Waals surface area contributed by atoms with Crippen LogP contribution < -0.4 is 0 Å². The Morgan fingerprint density at radius 1 is 0.333 bits per heavy atom. The third-order valence-corrected chi connectivity index (χ3v) is 21.4. The molecule has 0 atom stereocenters.